The summed E-state index contributed by atoms with van der Waals surface area (Å²) in [5.41, 5.74) is 1.54. The number of hydrogen-bond acceptors (Lipinski definition) is 4. The van der Waals surface area contributed by atoms with Gasteiger partial charge in [-0.15, -0.1) is 0 Å². The first-order valence-electron chi connectivity index (χ1n) is 6.69. The van der Waals surface area contributed by atoms with Crippen LogP contribution in [0.4, 0.5) is 5.69 Å². The Morgan fingerprint density at radius 1 is 1.35 bits per heavy atom. The van der Waals surface area contributed by atoms with Crippen LogP contribution in [0.2, 0.25) is 0 Å². The Bertz CT molecular complexity index is 578. The fraction of sp³-hybridized carbons (Fsp3) is 0.357. The number of anilines is 1. The summed E-state index contributed by atoms with van der Waals surface area (Å²) in [6.07, 6.45) is 0.440. The van der Waals surface area contributed by atoms with Crippen LogP contribution in [0.3, 0.4) is 0 Å². The van der Waals surface area contributed by atoms with E-state index in [1.807, 2.05) is 38.1 Å². The summed E-state index contributed by atoms with van der Waals surface area (Å²) in [4.78, 5) is 16.2. The quantitative estimate of drug-likeness (QED) is 0.700. The molecule has 6 heteroatoms. The van der Waals surface area contributed by atoms with E-state index in [1.165, 1.54) is 0 Å². The summed E-state index contributed by atoms with van der Waals surface area (Å²) in [5.74, 6) is 1.31. The molecule has 0 aliphatic carbocycles. The molecule has 3 N–H and O–H groups in total. The third-order valence-corrected chi connectivity index (χ3v) is 2.82. The zero-order valence-corrected chi connectivity index (χ0v) is 11.7. The van der Waals surface area contributed by atoms with Crippen molar-refractivity contribution in [3.63, 3.8) is 0 Å². The predicted octanol–water partition coefficient (Wildman–Crippen LogP) is 1.72. The lowest BCUT2D eigenvalue weighted by molar-refractivity contribution is -0.116. The second kappa shape index (κ2) is 6.81. The number of H-pyrrole nitrogens is 1. The highest BCUT2D eigenvalue weighted by atomic mass is 16.1. The van der Waals surface area contributed by atoms with Crippen LogP contribution in [0.5, 0.6) is 0 Å². The number of aromatic amines is 1. The van der Waals surface area contributed by atoms with Gasteiger partial charge in [0, 0.05) is 18.5 Å². The molecule has 0 saturated heterocycles. The van der Waals surface area contributed by atoms with Crippen molar-refractivity contribution in [3.8, 4) is 11.4 Å². The molecule has 2 rings (SSSR count). The van der Waals surface area contributed by atoms with Crippen molar-refractivity contribution in [3.05, 3.63) is 30.1 Å². The Hall–Kier alpha value is -2.21. The first kappa shape index (κ1) is 14.2. The van der Waals surface area contributed by atoms with E-state index < -0.39 is 0 Å². The fourth-order valence-corrected chi connectivity index (χ4v) is 1.84. The number of rotatable bonds is 6. The average Bonchev–Trinajstić information content (AvgIpc) is 2.86. The molecule has 2 aromatic rings. The van der Waals surface area contributed by atoms with Gasteiger partial charge in [0.25, 0.3) is 0 Å². The first-order valence-corrected chi connectivity index (χ1v) is 6.69. The molecule has 0 spiro atoms. The monoisotopic (exact) mass is 273 g/mol. The van der Waals surface area contributed by atoms with Crippen molar-refractivity contribution in [2.24, 2.45) is 0 Å². The first-order chi connectivity index (χ1) is 9.70. The number of para-hydroxylation sites is 1. The predicted molar refractivity (Wildman–Crippen MR) is 78.3 cm³/mol. The molecule has 0 saturated carbocycles. The van der Waals surface area contributed by atoms with E-state index in [0.717, 1.165) is 23.6 Å². The third-order valence-electron chi connectivity index (χ3n) is 2.82. The maximum atomic E-state index is 11.9. The second-order valence-corrected chi connectivity index (χ2v) is 4.44. The summed E-state index contributed by atoms with van der Waals surface area (Å²) < 4.78 is 0. The minimum Gasteiger partial charge on any atom is -0.325 e. The lowest BCUT2D eigenvalue weighted by Gasteiger charge is -2.09. The van der Waals surface area contributed by atoms with Crippen LogP contribution in [0.25, 0.3) is 11.4 Å². The number of nitrogens with zero attached hydrogens (tertiary/aromatic N) is 2. The number of amides is 1. The molecule has 0 bridgehead atoms. The lowest BCUT2D eigenvalue weighted by atomic mass is 10.1. The van der Waals surface area contributed by atoms with Crippen molar-refractivity contribution < 1.29 is 4.79 Å². The molecule has 0 unspecified atom stereocenters. The molecule has 1 amide bonds. The van der Waals surface area contributed by atoms with Crippen LogP contribution in [0.15, 0.2) is 24.3 Å². The number of carbonyl (C=O) groups excluding carboxylic acids is 1. The molecule has 1 aromatic carbocycles. The summed E-state index contributed by atoms with van der Waals surface area (Å²) >= 11 is 0. The Kier molecular flexibility index (Phi) is 4.84. The normalized spacial score (nSPS) is 10.5. The molecule has 0 aliphatic heterocycles. The molecule has 0 atom stereocenters. The van der Waals surface area contributed by atoms with E-state index in [2.05, 4.69) is 25.8 Å². The van der Waals surface area contributed by atoms with Gasteiger partial charge in [-0.1, -0.05) is 19.1 Å². The van der Waals surface area contributed by atoms with Crippen LogP contribution < -0.4 is 10.6 Å². The smallest absolute Gasteiger partial charge is 0.225 e. The Morgan fingerprint density at radius 3 is 2.85 bits per heavy atom. The van der Waals surface area contributed by atoms with Crippen LogP contribution in [0.1, 0.15) is 19.2 Å². The summed E-state index contributed by atoms with van der Waals surface area (Å²) in [7, 11) is 0. The van der Waals surface area contributed by atoms with Crippen LogP contribution in [-0.2, 0) is 4.79 Å². The van der Waals surface area contributed by atoms with Gasteiger partial charge < -0.3 is 10.6 Å². The molecule has 1 aromatic heterocycles. The van der Waals surface area contributed by atoms with Crippen LogP contribution >= 0.6 is 0 Å². The van der Waals surface area contributed by atoms with Gasteiger partial charge in [-0.05, 0) is 25.6 Å². The molecular formula is C14H19N5O. The Balaban J connectivity index is 2.10. The van der Waals surface area contributed by atoms with Gasteiger partial charge in [0.05, 0.1) is 5.69 Å². The standard InChI is InChI=1S/C14H19N5O/c1-3-15-9-8-13(20)17-12-7-5-4-6-11(12)14-16-10(2)18-19-14/h4-7,15H,3,8-9H2,1-2H3,(H,17,20)(H,16,18,19). The number of hydrogen-bond donors (Lipinski definition) is 3. The SMILES string of the molecule is CCNCCC(=O)Nc1ccccc1-c1n[nH]c(C)n1. The largest absolute Gasteiger partial charge is 0.325 e. The van der Waals surface area contributed by atoms with E-state index in [0.29, 0.717) is 18.8 Å². The van der Waals surface area contributed by atoms with Gasteiger partial charge in [-0.25, -0.2) is 4.98 Å². The molecule has 20 heavy (non-hydrogen) atoms. The fourth-order valence-electron chi connectivity index (χ4n) is 1.84. The minimum atomic E-state index is -0.0225. The highest BCUT2D eigenvalue weighted by molar-refractivity contribution is 5.94. The van der Waals surface area contributed by atoms with E-state index >= 15 is 0 Å². The van der Waals surface area contributed by atoms with Gasteiger partial charge >= 0.3 is 0 Å². The summed E-state index contributed by atoms with van der Waals surface area (Å²) in [6, 6.07) is 7.52. The van der Waals surface area contributed by atoms with Crippen molar-refractivity contribution >= 4 is 11.6 Å². The number of aromatic nitrogens is 3. The van der Waals surface area contributed by atoms with Gasteiger partial charge in [0.15, 0.2) is 5.82 Å². The molecule has 6 nitrogen and oxygen atoms in total. The van der Waals surface area contributed by atoms with Crippen LogP contribution in [-0.4, -0.2) is 34.2 Å². The number of carbonyl (C=O) groups is 1. The molecule has 0 radical (unpaired) electrons. The van der Waals surface area contributed by atoms with Gasteiger partial charge in [0.2, 0.25) is 5.91 Å². The highest BCUT2D eigenvalue weighted by Crippen LogP contribution is 2.24. The van der Waals surface area contributed by atoms with Crippen molar-refractivity contribution in [2.45, 2.75) is 20.3 Å². The van der Waals surface area contributed by atoms with Crippen LogP contribution in [0, 0.1) is 6.92 Å². The van der Waals surface area contributed by atoms with Crippen molar-refractivity contribution in [1.82, 2.24) is 20.5 Å². The molecule has 106 valence electrons. The molecule has 1 heterocycles. The zero-order chi connectivity index (χ0) is 14.4. The summed E-state index contributed by atoms with van der Waals surface area (Å²) in [5, 5.41) is 13.0. The average molecular weight is 273 g/mol. The van der Waals surface area contributed by atoms with E-state index in [4.69, 9.17) is 0 Å². The zero-order valence-electron chi connectivity index (χ0n) is 11.7. The van der Waals surface area contributed by atoms with E-state index in [1.54, 1.807) is 0 Å². The highest BCUT2D eigenvalue weighted by Gasteiger charge is 2.11. The second-order valence-electron chi connectivity index (χ2n) is 4.44. The molecular weight excluding hydrogens is 254 g/mol. The van der Waals surface area contributed by atoms with Gasteiger partial charge in [-0.3, -0.25) is 9.89 Å². The molecule has 0 fully saturated rings. The van der Waals surface area contributed by atoms with E-state index in [-0.39, 0.29) is 5.91 Å². The maximum absolute atomic E-state index is 11.9. The van der Waals surface area contributed by atoms with Gasteiger partial charge in [-0.2, -0.15) is 5.10 Å². The Morgan fingerprint density at radius 2 is 2.15 bits per heavy atom. The van der Waals surface area contributed by atoms with E-state index in [9.17, 15) is 4.79 Å². The topological polar surface area (TPSA) is 82.7 Å². The minimum absolute atomic E-state index is 0.0225. The lowest BCUT2D eigenvalue weighted by Crippen LogP contribution is -2.21. The summed E-state index contributed by atoms with van der Waals surface area (Å²) in [6.45, 7) is 5.39. The number of benzene rings is 1. The van der Waals surface area contributed by atoms with Crippen molar-refractivity contribution in [1.29, 1.82) is 0 Å². The number of aryl methyl sites for hydroxylation is 1. The molecule has 0 aliphatic rings. The van der Waals surface area contributed by atoms with Gasteiger partial charge in [0.1, 0.15) is 5.82 Å². The maximum Gasteiger partial charge on any atom is 0.225 e. The number of nitrogens with one attached hydrogen (secondary N) is 3. The third kappa shape index (κ3) is 3.64. The Labute approximate surface area is 118 Å². The van der Waals surface area contributed by atoms with Crippen molar-refractivity contribution in [2.75, 3.05) is 18.4 Å².